The minimum Gasteiger partial charge on any atom is -0.385 e. The smallest absolute Gasteiger partial charge is 0.257 e. The van der Waals surface area contributed by atoms with Gasteiger partial charge in [0.1, 0.15) is 5.82 Å². The molecule has 2 saturated heterocycles. The van der Waals surface area contributed by atoms with Crippen molar-refractivity contribution in [2.24, 2.45) is 11.8 Å². The summed E-state index contributed by atoms with van der Waals surface area (Å²) < 4.78 is 20.5. The topological polar surface area (TPSA) is 70.7 Å². The van der Waals surface area contributed by atoms with E-state index in [1.807, 2.05) is 42.5 Å². The van der Waals surface area contributed by atoms with Crippen molar-refractivity contribution in [2.75, 3.05) is 36.9 Å². The summed E-state index contributed by atoms with van der Waals surface area (Å²) in [4.78, 5) is 29.6. The molecule has 222 valence electrons. The number of aryl methyl sites for hydroxylation is 1. The Morgan fingerprint density at radius 2 is 1.76 bits per heavy atom. The van der Waals surface area contributed by atoms with Crippen molar-refractivity contribution in [3.05, 3.63) is 94.8 Å². The second-order valence-corrected chi connectivity index (χ2v) is 12.7. The van der Waals surface area contributed by atoms with Crippen LogP contribution in [-0.2, 0) is 14.9 Å². The van der Waals surface area contributed by atoms with Gasteiger partial charge in [-0.2, -0.15) is 0 Å². The average molecular weight is 572 g/mol. The van der Waals surface area contributed by atoms with Gasteiger partial charge < -0.3 is 20.3 Å². The third-order valence-corrected chi connectivity index (χ3v) is 8.53. The molecular weight excluding hydrogens is 529 g/mol. The second kappa shape index (κ2) is 12.7. The molecule has 6 nitrogen and oxygen atoms in total. The van der Waals surface area contributed by atoms with Gasteiger partial charge in [-0.3, -0.25) is 9.59 Å². The number of carbonyl (C=O) groups excluding carboxylic acids is 2. The normalized spacial score (nSPS) is 20.8. The fraction of sp³-hybridized carbons (Fsp3) is 0.429. The van der Waals surface area contributed by atoms with E-state index in [0.717, 1.165) is 48.7 Å². The second-order valence-electron chi connectivity index (χ2n) is 12.7. The fourth-order valence-electron chi connectivity index (χ4n) is 6.06. The lowest BCUT2D eigenvalue weighted by Crippen LogP contribution is -2.46. The third-order valence-electron chi connectivity index (χ3n) is 8.53. The maximum absolute atomic E-state index is 15.0. The molecule has 3 aromatic rings. The van der Waals surface area contributed by atoms with E-state index in [9.17, 15) is 14.0 Å². The molecule has 0 aliphatic carbocycles. The van der Waals surface area contributed by atoms with Gasteiger partial charge in [0.15, 0.2) is 0 Å². The number of hydrogen-bond acceptors (Lipinski definition) is 4. The Labute approximate surface area is 248 Å². The standard InChI is InChI=1S/C35H42FN3O3/c1-23-8-5-12-30(36)31(23)34(41)39-18-7-11-29(33(40)38-28-10-6-9-26(20-28)35(2,3)4)32(39)25-13-15-27(16-14-25)37-21-24-17-19-42-22-24/h5-6,8-10,12-16,20,24,29,32,37H,7,11,17-19,21-22H2,1-4H3,(H,38,40)/t24?,29-,32?/m0/s1. The molecule has 0 radical (unpaired) electrons. The van der Waals surface area contributed by atoms with Crippen LogP contribution >= 0.6 is 0 Å². The summed E-state index contributed by atoms with van der Waals surface area (Å²) >= 11 is 0. The predicted molar refractivity (Wildman–Crippen MR) is 165 cm³/mol. The number of nitrogens with one attached hydrogen (secondary N) is 2. The van der Waals surface area contributed by atoms with Crippen molar-refractivity contribution >= 4 is 23.2 Å². The molecule has 42 heavy (non-hydrogen) atoms. The molecule has 2 heterocycles. The van der Waals surface area contributed by atoms with Gasteiger partial charge in [0.05, 0.1) is 24.1 Å². The summed E-state index contributed by atoms with van der Waals surface area (Å²) in [6.07, 6.45) is 2.32. The largest absolute Gasteiger partial charge is 0.385 e. The van der Waals surface area contributed by atoms with Crippen molar-refractivity contribution in [3.8, 4) is 0 Å². The lowest BCUT2D eigenvalue weighted by atomic mass is 9.83. The summed E-state index contributed by atoms with van der Waals surface area (Å²) in [5.74, 6) is -1.07. The van der Waals surface area contributed by atoms with Crippen molar-refractivity contribution < 1.29 is 18.7 Å². The number of benzene rings is 3. The number of carbonyl (C=O) groups is 2. The maximum Gasteiger partial charge on any atom is 0.257 e. The molecule has 0 spiro atoms. The predicted octanol–water partition coefficient (Wildman–Crippen LogP) is 7.11. The molecule has 2 aliphatic heterocycles. The van der Waals surface area contributed by atoms with Gasteiger partial charge in [-0.15, -0.1) is 0 Å². The van der Waals surface area contributed by atoms with Crippen LogP contribution in [0.4, 0.5) is 15.8 Å². The minimum absolute atomic E-state index is 0.0600. The van der Waals surface area contributed by atoms with Gasteiger partial charge in [-0.1, -0.05) is 57.2 Å². The molecule has 0 aromatic heterocycles. The molecule has 2 aliphatic rings. The molecule has 2 fully saturated rings. The van der Waals surface area contributed by atoms with E-state index < -0.39 is 17.8 Å². The van der Waals surface area contributed by atoms with Crippen LogP contribution in [0, 0.1) is 24.6 Å². The van der Waals surface area contributed by atoms with Crippen LogP contribution in [0.2, 0.25) is 0 Å². The van der Waals surface area contributed by atoms with Crippen molar-refractivity contribution in [2.45, 2.75) is 58.4 Å². The SMILES string of the molecule is Cc1cccc(F)c1C(=O)N1CCC[C@H](C(=O)Nc2cccc(C(C)(C)C)c2)C1c1ccc(NCC2CCOC2)cc1. The van der Waals surface area contributed by atoms with Crippen LogP contribution in [0.1, 0.15) is 73.1 Å². The van der Waals surface area contributed by atoms with E-state index in [4.69, 9.17) is 4.74 Å². The van der Waals surface area contributed by atoms with Gasteiger partial charge in [0, 0.05) is 37.0 Å². The molecule has 5 rings (SSSR count). The highest BCUT2D eigenvalue weighted by atomic mass is 19.1. The Morgan fingerprint density at radius 3 is 2.45 bits per heavy atom. The molecular formula is C35H42FN3O3. The van der Waals surface area contributed by atoms with Crippen molar-refractivity contribution in [1.29, 1.82) is 0 Å². The third kappa shape index (κ3) is 6.67. The molecule has 3 atom stereocenters. The van der Waals surface area contributed by atoms with E-state index in [0.29, 0.717) is 30.9 Å². The monoisotopic (exact) mass is 571 g/mol. The van der Waals surface area contributed by atoms with Gasteiger partial charge >= 0.3 is 0 Å². The summed E-state index contributed by atoms with van der Waals surface area (Å²) in [5.41, 5.74) is 4.28. The molecule has 3 aromatic carbocycles. The zero-order valence-electron chi connectivity index (χ0n) is 25.1. The van der Waals surface area contributed by atoms with Crippen LogP contribution in [0.3, 0.4) is 0 Å². The first-order chi connectivity index (χ1) is 20.1. The van der Waals surface area contributed by atoms with Crippen LogP contribution in [0.15, 0.2) is 66.7 Å². The Balaban J connectivity index is 1.44. The quantitative estimate of drug-likeness (QED) is 0.317. The molecule has 2 unspecified atom stereocenters. The number of rotatable bonds is 7. The Morgan fingerprint density at radius 1 is 1.00 bits per heavy atom. The first kappa shape index (κ1) is 29.8. The average Bonchev–Trinajstić information content (AvgIpc) is 3.49. The number of anilines is 2. The van der Waals surface area contributed by atoms with Gasteiger partial charge in [-0.05, 0) is 78.6 Å². The Bertz CT molecular complexity index is 1390. The first-order valence-electron chi connectivity index (χ1n) is 15.0. The van der Waals surface area contributed by atoms with Crippen LogP contribution < -0.4 is 10.6 Å². The number of halogens is 1. The van der Waals surface area contributed by atoms with E-state index in [1.54, 1.807) is 24.0 Å². The molecule has 2 N–H and O–H groups in total. The molecule has 2 amide bonds. The number of nitrogens with zero attached hydrogens (tertiary/aromatic N) is 1. The molecule has 0 bridgehead atoms. The molecule has 0 saturated carbocycles. The zero-order valence-corrected chi connectivity index (χ0v) is 25.1. The summed E-state index contributed by atoms with van der Waals surface area (Å²) in [6, 6.07) is 20.0. The number of amides is 2. The van der Waals surface area contributed by atoms with Crippen molar-refractivity contribution in [1.82, 2.24) is 4.90 Å². The number of piperidine rings is 1. The summed E-state index contributed by atoms with van der Waals surface area (Å²) in [7, 11) is 0. The first-order valence-corrected chi connectivity index (χ1v) is 15.0. The lowest BCUT2D eigenvalue weighted by molar-refractivity contribution is -0.123. The highest BCUT2D eigenvalue weighted by Gasteiger charge is 2.40. The van der Waals surface area contributed by atoms with Crippen LogP contribution in [0.5, 0.6) is 0 Å². The summed E-state index contributed by atoms with van der Waals surface area (Å²) in [5, 5.41) is 6.62. The Kier molecular flexibility index (Phi) is 8.97. The maximum atomic E-state index is 15.0. The van der Waals surface area contributed by atoms with Gasteiger partial charge in [-0.25, -0.2) is 4.39 Å². The van der Waals surface area contributed by atoms with E-state index in [2.05, 4.69) is 37.5 Å². The lowest BCUT2D eigenvalue weighted by Gasteiger charge is -2.41. The Hall–Kier alpha value is -3.71. The molecule has 7 heteroatoms. The number of likely N-dealkylation sites (tertiary alicyclic amines) is 1. The van der Waals surface area contributed by atoms with Crippen molar-refractivity contribution in [3.63, 3.8) is 0 Å². The van der Waals surface area contributed by atoms with E-state index in [-0.39, 0.29) is 22.8 Å². The van der Waals surface area contributed by atoms with Crippen LogP contribution in [0.25, 0.3) is 0 Å². The number of hydrogen-bond donors (Lipinski definition) is 2. The highest BCUT2D eigenvalue weighted by Crippen LogP contribution is 2.39. The zero-order chi connectivity index (χ0) is 29.9. The van der Waals surface area contributed by atoms with Gasteiger partial charge in [0.2, 0.25) is 5.91 Å². The summed E-state index contributed by atoms with van der Waals surface area (Å²) in [6.45, 7) is 11.0. The highest BCUT2D eigenvalue weighted by molar-refractivity contribution is 5.98. The van der Waals surface area contributed by atoms with Crippen LogP contribution in [-0.4, -0.2) is 43.0 Å². The number of ether oxygens (including phenoxy) is 1. The van der Waals surface area contributed by atoms with E-state index >= 15 is 0 Å². The minimum atomic E-state index is -0.542. The fourth-order valence-corrected chi connectivity index (χ4v) is 6.06. The van der Waals surface area contributed by atoms with Gasteiger partial charge in [0.25, 0.3) is 5.91 Å². The van der Waals surface area contributed by atoms with E-state index in [1.165, 1.54) is 6.07 Å².